The zero-order chi connectivity index (χ0) is 21.0. The van der Waals surface area contributed by atoms with Crippen LogP contribution in [-0.2, 0) is 20.5 Å². The van der Waals surface area contributed by atoms with Gasteiger partial charge in [-0.15, -0.1) is 0 Å². The summed E-state index contributed by atoms with van der Waals surface area (Å²) >= 11 is 0. The molecule has 0 spiro atoms. The lowest BCUT2D eigenvalue weighted by Crippen LogP contribution is -2.23. The summed E-state index contributed by atoms with van der Waals surface area (Å²) in [5.74, 6) is -1.45. The molecule has 2 aromatic carbocycles. The minimum atomic E-state index is -4.50. The van der Waals surface area contributed by atoms with Gasteiger partial charge in [0, 0.05) is 24.3 Å². The van der Waals surface area contributed by atoms with Crippen LogP contribution in [0.4, 0.5) is 24.5 Å². The average Bonchev–Trinajstić information content (AvgIpc) is 3.12. The first-order valence-electron chi connectivity index (χ1n) is 8.79. The van der Waals surface area contributed by atoms with Crippen molar-refractivity contribution < 1.29 is 32.3 Å². The number of carbonyl (C=O) groups is 3. The van der Waals surface area contributed by atoms with Crippen LogP contribution in [0.25, 0.3) is 0 Å². The van der Waals surface area contributed by atoms with Gasteiger partial charge in [-0.25, -0.2) is 4.79 Å². The number of ether oxygens (including phenoxy) is 1. The van der Waals surface area contributed by atoms with E-state index in [-0.39, 0.29) is 11.5 Å². The van der Waals surface area contributed by atoms with Crippen LogP contribution in [0.2, 0.25) is 0 Å². The standard InChI is InChI=1S/C20H17F3N2O4/c21-20(22,23)14-5-3-13(4-6-14)19(28)29-12-17(26)24-15-7-9-16(10-8-15)25-11-1-2-18(25)27/h3-10H,1-2,11-12H2,(H,24,26). The van der Waals surface area contributed by atoms with E-state index < -0.39 is 30.2 Å². The van der Waals surface area contributed by atoms with Crippen molar-refractivity contribution in [3.8, 4) is 0 Å². The van der Waals surface area contributed by atoms with Crippen molar-refractivity contribution in [2.75, 3.05) is 23.4 Å². The molecule has 0 saturated carbocycles. The first-order chi connectivity index (χ1) is 13.7. The van der Waals surface area contributed by atoms with Gasteiger partial charge in [-0.2, -0.15) is 13.2 Å². The zero-order valence-electron chi connectivity index (χ0n) is 15.2. The molecule has 0 radical (unpaired) electrons. The molecule has 1 saturated heterocycles. The molecule has 29 heavy (non-hydrogen) atoms. The van der Waals surface area contributed by atoms with E-state index in [1.807, 2.05) is 0 Å². The highest BCUT2D eigenvalue weighted by Crippen LogP contribution is 2.29. The lowest BCUT2D eigenvalue weighted by atomic mass is 10.1. The molecule has 6 nitrogen and oxygen atoms in total. The molecule has 1 aliphatic heterocycles. The number of carbonyl (C=O) groups excluding carboxylic acids is 3. The Hall–Kier alpha value is -3.36. The molecule has 1 heterocycles. The molecule has 2 aromatic rings. The summed E-state index contributed by atoms with van der Waals surface area (Å²) in [6.07, 6.45) is -3.18. The van der Waals surface area contributed by atoms with Crippen LogP contribution in [-0.4, -0.2) is 30.9 Å². The molecular formula is C20H17F3N2O4. The van der Waals surface area contributed by atoms with Crippen molar-refractivity contribution in [3.63, 3.8) is 0 Å². The summed E-state index contributed by atoms with van der Waals surface area (Å²) in [6, 6.07) is 10.2. The minimum absolute atomic E-state index is 0.0527. The molecule has 1 aliphatic rings. The highest BCUT2D eigenvalue weighted by atomic mass is 19.4. The highest BCUT2D eigenvalue weighted by molar-refractivity contribution is 5.97. The SMILES string of the molecule is O=C(COC(=O)c1ccc(C(F)(F)F)cc1)Nc1ccc(N2CCCC2=O)cc1. The summed E-state index contributed by atoms with van der Waals surface area (Å²) in [7, 11) is 0. The van der Waals surface area contributed by atoms with E-state index in [1.165, 1.54) is 0 Å². The van der Waals surface area contributed by atoms with Gasteiger partial charge in [0.25, 0.3) is 5.91 Å². The number of benzene rings is 2. The van der Waals surface area contributed by atoms with Crippen LogP contribution in [0.3, 0.4) is 0 Å². The monoisotopic (exact) mass is 406 g/mol. The van der Waals surface area contributed by atoms with Gasteiger partial charge < -0.3 is 15.0 Å². The maximum atomic E-state index is 12.5. The average molecular weight is 406 g/mol. The van der Waals surface area contributed by atoms with Gasteiger partial charge in [0.05, 0.1) is 11.1 Å². The maximum Gasteiger partial charge on any atom is 0.416 e. The fourth-order valence-electron chi connectivity index (χ4n) is 2.85. The van der Waals surface area contributed by atoms with Gasteiger partial charge in [-0.3, -0.25) is 9.59 Å². The lowest BCUT2D eigenvalue weighted by Gasteiger charge is -2.16. The Morgan fingerprint density at radius 2 is 1.69 bits per heavy atom. The maximum absolute atomic E-state index is 12.5. The second-order valence-electron chi connectivity index (χ2n) is 6.40. The molecule has 0 aliphatic carbocycles. The first kappa shape index (κ1) is 20.4. The molecule has 0 unspecified atom stereocenters. The lowest BCUT2D eigenvalue weighted by molar-refractivity contribution is -0.137. The third-order valence-electron chi connectivity index (χ3n) is 4.32. The zero-order valence-corrected chi connectivity index (χ0v) is 15.2. The number of anilines is 2. The van der Waals surface area contributed by atoms with E-state index in [0.29, 0.717) is 18.7 Å². The Morgan fingerprint density at radius 1 is 1.03 bits per heavy atom. The first-order valence-corrected chi connectivity index (χ1v) is 8.79. The normalized spacial score (nSPS) is 14.0. The number of halogens is 3. The third-order valence-corrected chi connectivity index (χ3v) is 4.32. The number of amides is 2. The predicted octanol–water partition coefficient (Wildman–Crippen LogP) is 3.63. The van der Waals surface area contributed by atoms with Crippen LogP contribution < -0.4 is 10.2 Å². The van der Waals surface area contributed by atoms with E-state index in [1.54, 1.807) is 29.2 Å². The van der Waals surface area contributed by atoms with Gasteiger partial charge in [-0.1, -0.05) is 0 Å². The molecule has 1 N–H and O–H groups in total. The van der Waals surface area contributed by atoms with Gasteiger partial charge >= 0.3 is 12.1 Å². The smallest absolute Gasteiger partial charge is 0.416 e. The molecule has 0 atom stereocenters. The number of hydrogen-bond acceptors (Lipinski definition) is 4. The molecule has 3 rings (SSSR count). The Kier molecular flexibility index (Phi) is 5.86. The molecule has 0 aromatic heterocycles. The summed E-state index contributed by atoms with van der Waals surface area (Å²) in [4.78, 5) is 37.2. The highest BCUT2D eigenvalue weighted by Gasteiger charge is 2.30. The second-order valence-corrected chi connectivity index (χ2v) is 6.40. The van der Waals surface area contributed by atoms with E-state index in [4.69, 9.17) is 4.74 Å². The molecular weight excluding hydrogens is 389 g/mol. The number of nitrogens with one attached hydrogen (secondary N) is 1. The fraction of sp³-hybridized carbons (Fsp3) is 0.250. The van der Waals surface area contributed by atoms with Crippen molar-refractivity contribution in [2.24, 2.45) is 0 Å². The number of alkyl halides is 3. The van der Waals surface area contributed by atoms with E-state index in [2.05, 4.69) is 5.32 Å². The van der Waals surface area contributed by atoms with E-state index in [0.717, 1.165) is 36.4 Å². The van der Waals surface area contributed by atoms with Gasteiger partial charge in [-0.05, 0) is 55.0 Å². The van der Waals surface area contributed by atoms with Gasteiger partial charge in [0.15, 0.2) is 6.61 Å². The number of rotatable bonds is 5. The van der Waals surface area contributed by atoms with Crippen molar-refractivity contribution in [2.45, 2.75) is 19.0 Å². The largest absolute Gasteiger partial charge is 0.452 e. The fourth-order valence-corrected chi connectivity index (χ4v) is 2.85. The topological polar surface area (TPSA) is 75.7 Å². The Balaban J connectivity index is 1.50. The third kappa shape index (κ3) is 5.13. The molecule has 2 amide bonds. The van der Waals surface area contributed by atoms with Crippen LogP contribution in [0.1, 0.15) is 28.8 Å². The Labute approximate surface area is 164 Å². The summed E-state index contributed by atoms with van der Waals surface area (Å²) in [5, 5.41) is 2.54. The molecule has 1 fully saturated rings. The quantitative estimate of drug-likeness (QED) is 0.770. The predicted molar refractivity (Wildman–Crippen MR) is 98.4 cm³/mol. The number of hydrogen-bond donors (Lipinski definition) is 1. The number of nitrogens with zero attached hydrogens (tertiary/aromatic N) is 1. The van der Waals surface area contributed by atoms with Crippen molar-refractivity contribution in [1.82, 2.24) is 0 Å². The van der Waals surface area contributed by atoms with Gasteiger partial charge in [0.2, 0.25) is 5.91 Å². The molecule has 9 heteroatoms. The van der Waals surface area contributed by atoms with E-state index >= 15 is 0 Å². The minimum Gasteiger partial charge on any atom is -0.452 e. The van der Waals surface area contributed by atoms with Gasteiger partial charge in [0.1, 0.15) is 0 Å². The van der Waals surface area contributed by atoms with Crippen LogP contribution in [0.15, 0.2) is 48.5 Å². The van der Waals surface area contributed by atoms with Crippen LogP contribution in [0, 0.1) is 0 Å². The molecule has 0 bridgehead atoms. The van der Waals surface area contributed by atoms with Crippen LogP contribution >= 0.6 is 0 Å². The second kappa shape index (κ2) is 8.34. The van der Waals surface area contributed by atoms with Crippen molar-refractivity contribution in [1.29, 1.82) is 0 Å². The number of esters is 1. The summed E-state index contributed by atoms with van der Waals surface area (Å²) in [6.45, 7) is 0.0661. The summed E-state index contributed by atoms with van der Waals surface area (Å²) in [5.41, 5.74) is 0.214. The molecule has 152 valence electrons. The van der Waals surface area contributed by atoms with E-state index in [9.17, 15) is 27.6 Å². The van der Waals surface area contributed by atoms with Crippen molar-refractivity contribution >= 4 is 29.2 Å². The Bertz CT molecular complexity index is 909. The van der Waals surface area contributed by atoms with Crippen molar-refractivity contribution in [3.05, 3.63) is 59.7 Å². The Morgan fingerprint density at radius 3 is 2.24 bits per heavy atom. The van der Waals surface area contributed by atoms with Crippen LogP contribution in [0.5, 0.6) is 0 Å². The summed E-state index contributed by atoms with van der Waals surface area (Å²) < 4.78 is 42.4.